The Hall–Kier alpha value is -1.70. The highest BCUT2D eigenvalue weighted by Crippen LogP contribution is 2.16. The molecule has 0 aliphatic carbocycles. The first-order chi connectivity index (χ1) is 11.3. The SMILES string of the molecule is Cc1ccc(S(=O)(=O)NCCNC(=O)c2ccccc2Br)c(C)c1. The second-order valence-corrected chi connectivity index (χ2v) is 7.99. The van der Waals surface area contributed by atoms with Crippen LogP contribution in [0.4, 0.5) is 0 Å². The molecular formula is C17H19BrN2O3S. The van der Waals surface area contributed by atoms with Gasteiger partial charge in [0.1, 0.15) is 0 Å². The summed E-state index contributed by atoms with van der Waals surface area (Å²) in [5.74, 6) is -0.256. The minimum Gasteiger partial charge on any atom is -0.351 e. The average Bonchev–Trinajstić information content (AvgIpc) is 2.51. The molecule has 2 rings (SSSR count). The van der Waals surface area contributed by atoms with Crippen LogP contribution in [0.5, 0.6) is 0 Å². The smallest absolute Gasteiger partial charge is 0.252 e. The molecule has 0 aliphatic rings. The molecule has 2 aromatic rings. The summed E-state index contributed by atoms with van der Waals surface area (Å²) in [6, 6.07) is 12.2. The van der Waals surface area contributed by atoms with E-state index in [1.54, 1.807) is 37.3 Å². The third-order valence-corrected chi connectivity index (χ3v) is 5.75. The van der Waals surface area contributed by atoms with Gasteiger partial charge in [0.25, 0.3) is 5.91 Å². The fourth-order valence-electron chi connectivity index (χ4n) is 2.28. The van der Waals surface area contributed by atoms with Crippen LogP contribution in [0.1, 0.15) is 21.5 Å². The maximum Gasteiger partial charge on any atom is 0.252 e. The molecule has 0 aromatic heterocycles. The Morgan fingerprint density at radius 1 is 1.08 bits per heavy atom. The Morgan fingerprint density at radius 3 is 2.46 bits per heavy atom. The fraction of sp³-hybridized carbons (Fsp3) is 0.235. The first-order valence-electron chi connectivity index (χ1n) is 7.41. The number of sulfonamides is 1. The number of hydrogen-bond acceptors (Lipinski definition) is 3. The summed E-state index contributed by atoms with van der Waals surface area (Å²) >= 11 is 3.31. The lowest BCUT2D eigenvalue weighted by Crippen LogP contribution is -2.35. The molecule has 24 heavy (non-hydrogen) atoms. The van der Waals surface area contributed by atoms with Crippen LogP contribution in [0.25, 0.3) is 0 Å². The molecule has 2 N–H and O–H groups in total. The van der Waals surface area contributed by atoms with E-state index in [2.05, 4.69) is 26.0 Å². The van der Waals surface area contributed by atoms with Gasteiger partial charge >= 0.3 is 0 Å². The number of amides is 1. The molecule has 0 saturated carbocycles. The summed E-state index contributed by atoms with van der Waals surface area (Å²) in [5, 5.41) is 2.69. The predicted molar refractivity (Wildman–Crippen MR) is 97.6 cm³/mol. The zero-order chi connectivity index (χ0) is 17.7. The van der Waals surface area contributed by atoms with Gasteiger partial charge in [0.05, 0.1) is 10.5 Å². The minimum absolute atomic E-state index is 0.117. The van der Waals surface area contributed by atoms with E-state index in [4.69, 9.17) is 0 Å². The van der Waals surface area contributed by atoms with Gasteiger partial charge in [-0.3, -0.25) is 4.79 Å². The molecule has 1 amide bonds. The molecule has 0 spiro atoms. The highest BCUT2D eigenvalue weighted by atomic mass is 79.9. The summed E-state index contributed by atoms with van der Waals surface area (Å²) in [4.78, 5) is 12.3. The Kier molecular flexibility index (Phi) is 6.15. The van der Waals surface area contributed by atoms with Crippen molar-refractivity contribution in [1.82, 2.24) is 10.0 Å². The second-order valence-electron chi connectivity index (χ2n) is 5.40. The number of rotatable bonds is 6. The topological polar surface area (TPSA) is 75.3 Å². The second kappa shape index (κ2) is 7.92. The Balaban J connectivity index is 1.92. The number of nitrogens with one attached hydrogen (secondary N) is 2. The van der Waals surface area contributed by atoms with Crippen LogP contribution in [-0.2, 0) is 10.0 Å². The first-order valence-corrected chi connectivity index (χ1v) is 9.68. The molecule has 5 nitrogen and oxygen atoms in total. The van der Waals surface area contributed by atoms with Crippen molar-refractivity contribution in [3.63, 3.8) is 0 Å². The van der Waals surface area contributed by atoms with Gasteiger partial charge in [-0.2, -0.15) is 0 Å². The quantitative estimate of drug-likeness (QED) is 0.718. The van der Waals surface area contributed by atoms with E-state index in [1.807, 2.05) is 19.1 Å². The van der Waals surface area contributed by atoms with Crippen molar-refractivity contribution in [3.8, 4) is 0 Å². The number of aryl methyl sites for hydroxylation is 2. The van der Waals surface area contributed by atoms with E-state index < -0.39 is 10.0 Å². The standard InChI is InChI=1S/C17H19BrN2O3S/c1-12-7-8-16(13(2)11-12)24(22,23)20-10-9-19-17(21)14-5-3-4-6-15(14)18/h3-8,11,20H,9-10H2,1-2H3,(H,19,21). The van der Waals surface area contributed by atoms with Gasteiger partial charge in [0.15, 0.2) is 0 Å². The van der Waals surface area contributed by atoms with E-state index in [-0.39, 0.29) is 23.9 Å². The van der Waals surface area contributed by atoms with Crippen molar-refractivity contribution >= 4 is 31.9 Å². The first kappa shape index (κ1) is 18.6. The molecular weight excluding hydrogens is 392 g/mol. The van der Waals surface area contributed by atoms with Gasteiger partial charge in [-0.1, -0.05) is 29.8 Å². The number of benzene rings is 2. The third kappa shape index (κ3) is 4.66. The van der Waals surface area contributed by atoms with E-state index in [9.17, 15) is 13.2 Å². The predicted octanol–water partition coefficient (Wildman–Crippen LogP) is 2.77. The number of hydrogen-bond donors (Lipinski definition) is 2. The summed E-state index contributed by atoms with van der Waals surface area (Å²) in [6.45, 7) is 3.99. The highest BCUT2D eigenvalue weighted by molar-refractivity contribution is 9.10. The van der Waals surface area contributed by atoms with Crippen molar-refractivity contribution in [2.24, 2.45) is 0 Å². The summed E-state index contributed by atoms with van der Waals surface area (Å²) in [7, 11) is -3.59. The van der Waals surface area contributed by atoms with E-state index in [0.717, 1.165) is 5.56 Å². The van der Waals surface area contributed by atoms with Gasteiger partial charge < -0.3 is 5.32 Å². The minimum atomic E-state index is -3.59. The van der Waals surface area contributed by atoms with Crippen LogP contribution in [0.15, 0.2) is 51.8 Å². The molecule has 7 heteroatoms. The summed E-state index contributed by atoms with van der Waals surface area (Å²) in [5.41, 5.74) is 2.21. The molecule has 0 bridgehead atoms. The zero-order valence-corrected chi connectivity index (χ0v) is 15.9. The molecule has 0 aliphatic heterocycles. The molecule has 0 atom stereocenters. The molecule has 0 fully saturated rings. The normalized spacial score (nSPS) is 11.3. The van der Waals surface area contributed by atoms with Gasteiger partial charge in [-0.25, -0.2) is 13.1 Å². The Morgan fingerprint density at radius 2 is 1.79 bits per heavy atom. The van der Waals surface area contributed by atoms with Crippen molar-refractivity contribution in [1.29, 1.82) is 0 Å². The van der Waals surface area contributed by atoms with Crippen LogP contribution in [0.2, 0.25) is 0 Å². The van der Waals surface area contributed by atoms with Gasteiger partial charge in [-0.15, -0.1) is 0 Å². The molecule has 0 unspecified atom stereocenters. The van der Waals surface area contributed by atoms with Crippen molar-refractivity contribution < 1.29 is 13.2 Å². The monoisotopic (exact) mass is 410 g/mol. The lowest BCUT2D eigenvalue weighted by molar-refractivity contribution is 0.0953. The molecule has 0 heterocycles. The third-order valence-electron chi connectivity index (χ3n) is 3.44. The Labute approximate surface area is 150 Å². The molecule has 0 saturated heterocycles. The van der Waals surface area contributed by atoms with Crippen molar-refractivity contribution in [2.45, 2.75) is 18.7 Å². The fourth-order valence-corrected chi connectivity index (χ4v) is 4.00. The van der Waals surface area contributed by atoms with E-state index >= 15 is 0 Å². The van der Waals surface area contributed by atoms with Gasteiger partial charge in [-0.05, 0) is 53.5 Å². The average molecular weight is 411 g/mol. The van der Waals surface area contributed by atoms with Crippen molar-refractivity contribution in [2.75, 3.05) is 13.1 Å². The molecule has 2 aromatic carbocycles. The lowest BCUT2D eigenvalue weighted by Gasteiger charge is -2.11. The maximum absolute atomic E-state index is 12.3. The van der Waals surface area contributed by atoms with Gasteiger partial charge in [0, 0.05) is 17.6 Å². The molecule has 128 valence electrons. The summed E-state index contributed by atoms with van der Waals surface area (Å²) in [6.07, 6.45) is 0. The van der Waals surface area contributed by atoms with E-state index in [0.29, 0.717) is 15.6 Å². The lowest BCUT2D eigenvalue weighted by atomic mass is 10.2. The van der Waals surface area contributed by atoms with E-state index in [1.165, 1.54) is 0 Å². The van der Waals surface area contributed by atoms with Gasteiger partial charge in [0.2, 0.25) is 10.0 Å². The number of carbonyl (C=O) groups is 1. The van der Waals surface area contributed by atoms with Crippen LogP contribution in [0, 0.1) is 13.8 Å². The molecule has 0 radical (unpaired) electrons. The number of halogens is 1. The summed E-state index contributed by atoms with van der Waals surface area (Å²) < 4.78 is 27.8. The van der Waals surface area contributed by atoms with Crippen LogP contribution in [-0.4, -0.2) is 27.4 Å². The Bertz CT molecular complexity index is 851. The number of carbonyl (C=O) groups excluding carboxylic acids is 1. The largest absolute Gasteiger partial charge is 0.351 e. The van der Waals surface area contributed by atoms with Crippen LogP contribution < -0.4 is 10.0 Å². The van der Waals surface area contributed by atoms with Crippen molar-refractivity contribution in [3.05, 3.63) is 63.6 Å². The zero-order valence-electron chi connectivity index (χ0n) is 13.5. The van der Waals surface area contributed by atoms with Crippen LogP contribution >= 0.6 is 15.9 Å². The van der Waals surface area contributed by atoms with Crippen LogP contribution in [0.3, 0.4) is 0 Å². The maximum atomic E-state index is 12.3. The highest BCUT2D eigenvalue weighted by Gasteiger charge is 2.16.